The minimum atomic E-state index is -0.233. The average Bonchev–Trinajstić information content (AvgIpc) is 2.72. The van der Waals surface area contributed by atoms with E-state index in [4.69, 9.17) is 0 Å². The van der Waals surface area contributed by atoms with Crippen molar-refractivity contribution in [2.24, 2.45) is 0 Å². The molecule has 0 saturated carbocycles. The minimum Gasteiger partial charge on any atom is -0.355 e. The van der Waals surface area contributed by atoms with Gasteiger partial charge in [0.1, 0.15) is 6.54 Å². The maximum Gasteiger partial charge on any atom is 0.244 e. The van der Waals surface area contributed by atoms with Crippen LogP contribution in [0.15, 0.2) is 54.6 Å². The number of benzene rings is 2. The highest BCUT2D eigenvalue weighted by Crippen LogP contribution is 2.29. The van der Waals surface area contributed by atoms with E-state index >= 15 is 0 Å². The van der Waals surface area contributed by atoms with Gasteiger partial charge in [-0.15, -0.1) is 0 Å². The number of para-hydroxylation sites is 2. The molecule has 2 aromatic carbocycles. The van der Waals surface area contributed by atoms with E-state index in [0.717, 1.165) is 6.54 Å². The molecule has 7 nitrogen and oxygen atoms in total. The van der Waals surface area contributed by atoms with Crippen molar-refractivity contribution in [1.82, 2.24) is 10.2 Å². The number of hydrogen-bond acceptors (Lipinski definition) is 4. The lowest BCUT2D eigenvalue weighted by Crippen LogP contribution is -2.42. The molecule has 0 aromatic heterocycles. The molecular formula is C22H26N4O3. The van der Waals surface area contributed by atoms with Gasteiger partial charge in [0.2, 0.25) is 17.7 Å². The summed E-state index contributed by atoms with van der Waals surface area (Å²) in [5.41, 5.74) is 2.50. The fourth-order valence-corrected chi connectivity index (χ4v) is 3.26. The number of carbonyl (C=O) groups is 3. The molecule has 29 heavy (non-hydrogen) atoms. The Bertz CT molecular complexity index is 869. The van der Waals surface area contributed by atoms with Gasteiger partial charge in [0, 0.05) is 32.5 Å². The van der Waals surface area contributed by atoms with Crippen molar-refractivity contribution in [3.05, 3.63) is 60.2 Å². The van der Waals surface area contributed by atoms with E-state index in [9.17, 15) is 14.4 Å². The average molecular weight is 394 g/mol. The highest BCUT2D eigenvalue weighted by atomic mass is 16.2. The summed E-state index contributed by atoms with van der Waals surface area (Å²) < 4.78 is 0. The summed E-state index contributed by atoms with van der Waals surface area (Å²) in [5, 5.41) is 5.60. The zero-order valence-electron chi connectivity index (χ0n) is 16.6. The summed E-state index contributed by atoms with van der Waals surface area (Å²) in [7, 11) is 2.00. The monoisotopic (exact) mass is 394 g/mol. The first-order valence-corrected chi connectivity index (χ1v) is 9.71. The van der Waals surface area contributed by atoms with Crippen LogP contribution in [0.25, 0.3) is 0 Å². The van der Waals surface area contributed by atoms with Crippen LogP contribution in [0.3, 0.4) is 0 Å². The number of amides is 3. The summed E-state index contributed by atoms with van der Waals surface area (Å²) in [6.07, 6.45) is 0.162. The van der Waals surface area contributed by atoms with Crippen molar-refractivity contribution in [2.75, 3.05) is 36.9 Å². The van der Waals surface area contributed by atoms with Crippen LogP contribution in [-0.2, 0) is 20.9 Å². The van der Waals surface area contributed by atoms with Crippen molar-refractivity contribution < 1.29 is 14.4 Å². The molecule has 1 aliphatic rings. The van der Waals surface area contributed by atoms with E-state index in [0.29, 0.717) is 24.5 Å². The Hall–Kier alpha value is -3.19. The Balaban J connectivity index is 1.40. The summed E-state index contributed by atoms with van der Waals surface area (Å²) in [5.74, 6) is -0.632. The lowest BCUT2D eigenvalue weighted by molar-refractivity contribution is -0.125. The van der Waals surface area contributed by atoms with Crippen LogP contribution in [0.2, 0.25) is 0 Å². The van der Waals surface area contributed by atoms with Crippen molar-refractivity contribution in [3.63, 3.8) is 0 Å². The molecule has 3 amide bonds. The molecule has 2 aromatic rings. The van der Waals surface area contributed by atoms with Gasteiger partial charge in [-0.05, 0) is 24.7 Å². The maximum absolute atomic E-state index is 12.6. The highest BCUT2D eigenvalue weighted by molar-refractivity contribution is 6.10. The summed E-state index contributed by atoms with van der Waals surface area (Å²) >= 11 is 0. The zero-order valence-corrected chi connectivity index (χ0v) is 16.6. The molecule has 0 spiro atoms. The quantitative estimate of drug-likeness (QED) is 0.718. The van der Waals surface area contributed by atoms with Crippen LogP contribution in [0.1, 0.15) is 18.4 Å². The number of carbonyl (C=O) groups excluding carboxylic acids is 3. The molecule has 152 valence electrons. The fourth-order valence-electron chi connectivity index (χ4n) is 3.26. The summed E-state index contributed by atoms with van der Waals surface area (Å²) in [4.78, 5) is 40.0. The molecule has 0 radical (unpaired) electrons. The highest BCUT2D eigenvalue weighted by Gasteiger charge is 2.26. The first-order valence-electron chi connectivity index (χ1n) is 9.71. The number of hydrogen-bond donors (Lipinski definition) is 2. The Morgan fingerprint density at radius 3 is 2.59 bits per heavy atom. The summed E-state index contributed by atoms with van der Waals surface area (Å²) in [6.45, 7) is 2.02. The van der Waals surface area contributed by atoms with E-state index in [2.05, 4.69) is 27.7 Å². The topological polar surface area (TPSA) is 81.8 Å². The number of nitrogens with one attached hydrogen (secondary N) is 2. The van der Waals surface area contributed by atoms with Gasteiger partial charge in [0.25, 0.3) is 0 Å². The summed E-state index contributed by atoms with van der Waals surface area (Å²) in [6, 6.07) is 17.3. The van der Waals surface area contributed by atoms with E-state index in [1.54, 1.807) is 18.2 Å². The van der Waals surface area contributed by atoms with Gasteiger partial charge in [-0.25, -0.2) is 0 Å². The van der Waals surface area contributed by atoms with Gasteiger partial charge in [-0.2, -0.15) is 0 Å². The van der Waals surface area contributed by atoms with E-state index in [-0.39, 0.29) is 37.1 Å². The molecule has 2 N–H and O–H groups in total. The Morgan fingerprint density at radius 2 is 1.79 bits per heavy atom. The second-order valence-corrected chi connectivity index (χ2v) is 7.12. The van der Waals surface area contributed by atoms with Gasteiger partial charge in [0.15, 0.2) is 0 Å². The fraction of sp³-hybridized carbons (Fsp3) is 0.318. The SMILES string of the molecule is CN(CCNC(=O)CCC(=O)N1CC(=O)Nc2ccccc21)Cc1ccccc1. The molecular weight excluding hydrogens is 368 g/mol. The lowest BCUT2D eigenvalue weighted by atomic mass is 10.1. The molecule has 1 aliphatic heterocycles. The Morgan fingerprint density at radius 1 is 1.07 bits per heavy atom. The van der Waals surface area contributed by atoms with Gasteiger partial charge in [-0.3, -0.25) is 14.4 Å². The molecule has 0 saturated heterocycles. The normalized spacial score (nSPS) is 13.0. The molecule has 0 aliphatic carbocycles. The number of nitrogens with zero attached hydrogens (tertiary/aromatic N) is 2. The third kappa shape index (κ3) is 5.89. The van der Waals surface area contributed by atoms with Crippen LogP contribution >= 0.6 is 0 Å². The molecule has 0 bridgehead atoms. The third-order valence-corrected chi connectivity index (χ3v) is 4.75. The first-order chi connectivity index (χ1) is 14.0. The third-order valence-electron chi connectivity index (χ3n) is 4.75. The molecule has 3 rings (SSSR count). The minimum absolute atomic E-state index is 0.0260. The van der Waals surface area contributed by atoms with Crippen LogP contribution in [0.4, 0.5) is 11.4 Å². The van der Waals surface area contributed by atoms with Crippen LogP contribution in [0.5, 0.6) is 0 Å². The van der Waals surface area contributed by atoms with Crippen LogP contribution in [-0.4, -0.2) is 49.3 Å². The number of fused-ring (bicyclic) bond motifs is 1. The number of rotatable bonds is 8. The van der Waals surface area contributed by atoms with Gasteiger partial charge in [-0.1, -0.05) is 42.5 Å². The number of likely N-dealkylation sites (N-methyl/N-ethyl adjacent to an activating group) is 1. The van der Waals surface area contributed by atoms with Crippen molar-refractivity contribution >= 4 is 29.1 Å². The maximum atomic E-state index is 12.6. The van der Waals surface area contributed by atoms with Crippen molar-refractivity contribution in [1.29, 1.82) is 0 Å². The Labute approximate surface area is 170 Å². The molecule has 0 unspecified atom stereocenters. The lowest BCUT2D eigenvalue weighted by Gasteiger charge is -2.29. The predicted octanol–water partition coefficient (Wildman–Crippen LogP) is 2.00. The molecule has 0 fully saturated rings. The smallest absolute Gasteiger partial charge is 0.244 e. The van der Waals surface area contributed by atoms with Gasteiger partial charge >= 0.3 is 0 Å². The standard InChI is InChI=1S/C22H26N4O3/c1-25(15-17-7-3-2-4-8-17)14-13-23-20(27)11-12-22(29)26-16-21(28)24-18-9-5-6-10-19(18)26/h2-10H,11-16H2,1H3,(H,23,27)(H,24,28). The van der Waals surface area contributed by atoms with E-state index in [1.807, 2.05) is 31.3 Å². The van der Waals surface area contributed by atoms with Crippen LogP contribution in [0, 0.1) is 0 Å². The first kappa shape index (κ1) is 20.5. The largest absolute Gasteiger partial charge is 0.355 e. The molecule has 1 heterocycles. The molecule has 0 atom stereocenters. The second kappa shape index (κ2) is 9.84. The second-order valence-electron chi connectivity index (χ2n) is 7.12. The van der Waals surface area contributed by atoms with Crippen molar-refractivity contribution in [3.8, 4) is 0 Å². The number of anilines is 2. The van der Waals surface area contributed by atoms with E-state index in [1.165, 1.54) is 10.5 Å². The van der Waals surface area contributed by atoms with Gasteiger partial charge in [0.05, 0.1) is 11.4 Å². The van der Waals surface area contributed by atoms with Gasteiger partial charge < -0.3 is 20.4 Å². The predicted molar refractivity (Wildman–Crippen MR) is 112 cm³/mol. The van der Waals surface area contributed by atoms with Crippen molar-refractivity contribution in [2.45, 2.75) is 19.4 Å². The zero-order chi connectivity index (χ0) is 20.6. The van der Waals surface area contributed by atoms with E-state index < -0.39 is 0 Å². The Kier molecular flexibility index (Phi) is 6.97. The molecule has 7 heteroatoms. The van der Waals surface area contributed by atoms with Crippen LogP contribution < -0.4 is 15.5 Å².